The third-order valence-corrected chi connectivity index (χ3v) is 6.29. The van der Waals surface area contributed by atoms with Gasteiger partial charge in [0.2, 0.25) is 5.91 Å². The van der Waals surface area contributed by atoms with E-state index in [1.165, 1.54) is 23.5 Å². The minimum atomic E-state index is -4.36. The highest BCUT2D eigenvalue weighted by molar-refractivity contribution is 7.87. The summed E-state index contributed by atoms with van der Waals surface area (Å²) in [5.41, 5.74) is 2.90. The number of methoxy groups -OCH3 is 2. The second-order valence-electron chi connectivity index (χ2n) is 7.42. The lowest BCUT2D eigenvalue weighted by atomic mass is 10.1. The Balaban J connectivity index is 1.89. The Morgan fingerprint density at radius 1 is 1.18 bits per heavy atom. The molecule has 34 heavy (non-hydrogen) atoms. The summed E-state index contributed by atoms with van der Waals surface area (Å²) < 4.78 is 43.7. The number of carbonyl (C=O) groups is 1. The van der Waals surface area contributed by atoms with Gasteiger partial charge in [0.15, 0.2) is 0 Å². The first-order chi connectivity index (χ1) is 16.1. The largest absolute Gasteiger partial charge is 0.497 e. The summed E-state index contributed by atoms with van der Waals surface area (Å²) in [4.78, 5) is 17.2. The fourth-order valence-electron chi connectivity index (χ4n) is 3.16. The number of ether oxygens (including phenoxy) is 2. The van der Waals surface area contributed by atoms with Gasteiger partial charge in [0.25, 0.3) is 0 Å². The smallest absolute Gasteiger partial charge is 0.357 e. The summed E-state index contributed by atoms with van der Waals surface area (Å²) >= 11 is 1.40. The Hall–Kier alpha value is -3.41. The highest BCUT2D eigenvalue weighted by Crippen LogP contribution is 2.35. The first-order valence-electron chi connectivity index (χ1n) is 10.1. The maximum atomic E-state index is 12.4. The fourth-order valence-corrected chi connectivity index (χ4v) is 4.46. The molecule has 3 rings (SSSR count). The van der Waals surface area contributed by atoms with E-state index in [0.29, 0.717) is 34.2 Å². The first-order valence-corrected chi connectivity index (χ1v) is 12.4. The van der Waals surface area contributed by atoms with Crippen LogP contribution in [0.25, 0.3) is 11.3 Å². The molecular formula is C23H25N3O6S2. The third kappa shape index (κ3) is 6.56. The van der Waals surface area contributed by atoms with Gasteiger partial charge in [0, 0.05) is 22.6 Å². The molecule has 0 spiro atoms. The second-order valence-corrected chi connectivity index (χ2v) is 9.47. The molecule has 0 unspecified atom stereocenters. The summed E-state index contributed by atoms with van der Waals surface area (Å²) in [5.74, 6) is 0.976. The maximum absolute atomic E-state index is 12.4. The lowest BCUT2D eigenvalue weighted by Gasteiger charge is -2.17. The highest BCUT2D eigenvalue weighted by Gasteiger charge is 2.21. The lowest BCUT2D eigenvalue weighted by Crippen LogP contribution is -2.30. The van der Waals surface area contributed by atoms with Crippen molar-refractivity contribution in [3.8, 4) is 22.8 Å². The quantitative estimate of drug-likeness (QED) is 0.282. The molecule has 1 atom stereocenters. The molecule has 2 aromatic carbocycles. The monoisotopic (exact) mass is 503 g/mol. The van der Waals surface area contributed by atoms with E-state index in [9.17, 15) is 13.2 Å². The predicted octanol–water partition coefficient (Wildman–Crippen LogP) is 4.02. The molecule has 0 aliphatic carbocycles. The molecule has 3 aromatic rings. The van der Waals surface area contributed by atoms with Crippen LogP contribution < -0.4 is 19.5 Å². The van der Waals surface area contributed by atoms with E-state index in [1.807, 2.05) is 22.2 Å². The van der Waals surface area contributed by atoms with Crippen LogP contribution in [0, 0.1) is 0 Å². The molecule has 0 bridgehead atoms. The summed E-state index contributed by atoms with van der Waals surface area (Å²) in [6.07, 6.45) is 0.401. The Labute approximate surface area is 202 Å². The van der Waals surface area contributed by atoms with Crippen LogP contribution >= 0.6 is 11.3 Å². The van der Waals surface area contributed by atoms with Gasteiger partial charge in [-0.3, -0.25) is 14.1 Å². The number of amides is 1. The Morgan fingerprint density at radius 3 is 2.47 bits per heavy atom. The zero-order valence-electron chi connectivity index (χ0n) is 18.9. The van der Waals surface area contributed by atoms with E-state index in [1.54, 1.807) is 39.3 Å². The van der Waals surface area contributed by atoms with Crippen molar-refractivity contribution in [3.63, 3.8) is 0 Å². The molecule has 0 radical (unpaired) electrons. The van der Waals surface area contributed by atoms with Gasteiger partial charge in [0.1, 0.15) is 16.5 Å². The van der Waals surface area contributed by atoms with Gasteiger partial charge >= 0.3 is 10.3 Å². The molecule has 0 saturated carbocycles. The molecule has 0 saturated heterocycles. The van der Waals surface area contributed by atoms with Gasteiger partial charge in [0.05, 0.1) is 31.6 Å². The van der Waals surface area contributed by atoms with Gasteiger partial charge in [-0.2, -0.15) is 8.42 Å². The molecule has 0 fully saturated rings. The van der Waals surface area contributed by atoms with Crippen molar-refractivity contribution in [1.29, 1.82) is 0 Å². The second kappa shape index (κ2) is 10.7. The van der Waals surface area contributed by atoms with Crippen LogP contribution in [0.5, 0.6) is 11.5 Å². The zero-order valence-corrected chi connectivity index (χ0v) is 20.5. The molecular weight excluding hydrogens is 478 g/mol. The third-order valence-electron chi connectivity index (χ3n) is 4.84. The molecule has 0 aliphatic rings. The molecule has 1 heterocycles. The Bertz CT molecular complexity index is 1290. The fraction of sp³-hybridized carbons (Fsp3) is 0.217. The van der Waals surface area contributed by atoms with Crippen LogP contribution in [0.1, 0.15) is 23.5 Å². The van der Waals surface area contributed by atoms with Gasteiger partial charge in [-0.1, -0.05) is 18.7 Å². The zero-order chi connectivity index (χ0) is 24.9. The summed E-state index contributed by atoms with van der Waals surface area (Å²) in [7, 11) is -1.21. The van der Waals surface area contributed by atoms with Crippen molar-refractivity contribution in [2.75, 3.05) is 18.9 Å². The predicted molar refractivity (Wildman–Crippen MR) is 132 cm³/mol. The standard InChI is InChI=1S/C23H25N3O6S2/c1-14(2)22(27)24-19(11-15-5-7-16(8-6-15)26-34(28,29)30)23-25-20(13-33-23)18-10-9-17(31-3)12-21(18)32-4/h5-10,12-13,19,26H,1,11H2,2-4H3,(H,24,27)(H,28,29,30)/t19-/m0/s1. The number of aromatic nitrogens is 1. The molecule has 3 N–H and O–H groups in total. The number of benzene rings is 2. The van der Waals surface area contributed by atoms with Crippen molar-refractivity contribution in [2.45, 2.75) is 19.4 Å². The van der Waals surface area contributed by atoms with E-state index in [-0.39, 0.29) is 11.6 Å². The SMILES string of the molecule is C=C(C)C(=O)N[C@@H](Cc1ccc(NS(=O)(=O)O)cc1)c1nc(-c2ccc(OC)cc2OC)cs1. The molecule has 1 aromatic heterocycles. The molecule has 9 nitrogen and oxygen atoms in total. The van der Waals surface area contributed by atoms with Gasteiger partial charge in [-0.15, -0.1) is 11.3 Å². The average molecular weight is 504 g/mol. The Morgan fingerprint density at radius 2 is 1.88 bits per heavy atom. The number of carbonyl (C=O) groups excluding carboxylic acids is 1. The summed E-state index contributed by atoms with van der Waals surface area (Å²) in [5, 5.41) is 5.52. The van der Waals surface area contributed by atoms with Gasteiger partial charge < -0.3 is 14.8 Å². The number of nitrogens with zero attached hydrogens (tertiary/aromatic N) is 1. The normalized spacial score (nSPS) is 12.0. The number of hydrogen-bond donors (Lipinski definition) is 3. The van der Waals surface area contributed by atoms with Crippen LogP contribution in [0.4, 0.5) is 5.69 Å². The van der Waals surface area contributed by atoms with Gasteiger partial charge in [-0.05, 0) is 43.2 Å². The molecule has 180 valence electrons. The highest BCUT2D eigenvalue weighted by atomic mass is 32.2. The van der Waals surface area contributed by atoms with Crippen LogP contribution in [0.15, 0.2) is 60.0 Å². The van der Waals surface area contributed by atoms with Crippen molar-refractivity contribution in [3.05, 3.63) is 70.6 Å². The summed E-state index contributed by atoms with van der Waals surface area (Å²) in [6, 6.07) is 11.5. The molecule has 1 amide bonds. The van der Waals surface area contributed by atoms with Crippen molar-refractivity contribution in [1.82, 2.24) is 10.3 Å². The summed E-state index contributed by atoms with van der Waals surface area (Å²) in [6.45, 7) is 5.32. The van der Waals surface area contributed by atoms with E-state index in [4.69, 9.17) is 19.0 Å². The Kier molecular flexibility index (Phi) is 7.92. The number of nitrogens with one attached hydrogen (secondary N) is 2. The maximum Gasteiger partial charge on any atom is 0.357 e. The van der Waals surface area contributed by atoms with Crippen LogP contribution in [-0.4, -0.2) is 38.1 Å². The van der Waals surface area contributed by atoms with E-state index in [0.717, 1.165) is 11.1 Å². The minimum absolute atomic E-state index is 0.219. The number of hydrogen-bond acceptors (Lipinski definition) is 7. The van der Waals surface area contributed by atoms with Crippen molar-refractivity contribution >= 4 is 33.2 Å². The number of anilines is 1. The number of thiazole rings is 1. The van der Waals surface area contributed by atoms with Crippen LogP contribution in [0.2, 0.25) is 0 Å². The van der Waals surface area contributed by atoms with Crippen LogP contribution in [-0.2, 0) is 21.5 Å². The first kappa shape index (κ1) is 25.2. The van der Waals surface area contributed by atoms with E-state index < -0.39 is 16.3 Å². The minimum Gasteiger partial charge on any atom is -0.497 e. The topological polar surface area (TPSA) is 127 Å². The average Bonchev–Trinajstić information content (AvgIpc) is 3.28. The van der Waals surface area contributed by atoms with Crippen LogP contribution in [0.3, 0.4) is 0 Å². The van der Waals surface area contributed by atoms with E-state index in [2.05, 4.69) is 11.9 Å². The molecule has 0 aliphatic heterocycles. The van der Waals surface area contributed by atoms with Gasteiger partial charge in [-0.25, -0.2) is 4.98 Å². The number of rotatable bonds is 10. The van der Waals surface area contributed by atoms with Crippen molar-refractivity contribution < 1.29 is 27.2 Å². The van der Waals surface area contributed by atoms with Crippen molar-refractivity contribution in [2.24, 2.45) is 0 Å². The van der Waals surface area contributed by atoms with E-state index >= 15 is 0 Å². The lowest BCUT2D eigenvalue weighted by molar-refractivity contribution is -0.118. The molecule has 11 heteroatoms.